The van der Waals surface area contributed by atoms with E-state index in [1.165, 1.54) is 0 Å². The van der Waals surface area contributed by atoms with Gasteiger partial charge >= 0.3 is 12.4 Å². The fourth-order valence-electron chi connectivity index (χ4n) is 1.23. The number of hydrogen-bond donors (Lipinski definition) is 0. The Labute approximate surface area is 97.2 Å². The van der Waals surface area contributed by atoms with Gasteiger partial charge in [-0.05, 0) is 23.8 Å². The van der Waals surface area contributed by atoms with Crippen LogP contribution in [0.25, 0.3) is 0 Å². The highest BCUT2D eigenvalue weighted by Gasteiger charge is 2.36. The first-order valence-corrected chi connectivity index (χ1v) is 4.48. The highest BCUT2D eigenvalue weighted by atomic mass is 19.4. The average Bonchev–Trinajstić information content (AvgIpc) is 2.23. The van der Waals surface area contributed by atoms with Gasteiger partial charge in [-0.1, -0.05) is 0 Å². The van der Waals surface area contributed by atoms with Crippen molar-refractivity contribution in [3.8, 4) is 0 Å². The average molecular weight is 272 g/mol. The van der Waals surface area contributed by atoms with E-state index in [0.29, 0.717) is 12.1 Å². The Morgan fingerprint density at radius 2 is 1.39 bits per heavy atom. The summed E-state index contributed by atoms with van der Waals surface area (Å²) in [5.41, 5.74) is -3.27. The molecule has 1 aromatic carbocycles. The van der Waals surface area contributed by atoms with E-state index in [0.717, 1.165) is 0 Å². The first kappa shape index (κ1) is 14.3. The van der Waals surface area contributed by atoms with Gasteiger partial charge in [0.05, 0.1) is 11.1 Å². The third kappa shape index (κ3) is 3.64. The van der Waals surface area contributed by atoms with Crippen molar-refractivity contribution in [2.24, 2.45) is 0 Å². The molecule has 2 nitrogen and oxygen atoms in total. The van der Waals surface area contributed by atoms with E-state index in [-0.39, 0.29) is 18.1 Å². The molecule has 0 aromatic heterocycles. The molecule has 0 aliphatic carbocycles. The summed E-state index contributed by atoms with van der Waals surface area (Å²) in [6.45, 7) is -0.718. The highest BCUT2D eigenvalue weighted by Crippen LogP contribution is 2.36. The monoisotopic (exact) mass is 272 g/mol. The molecule has 0 bridgehead atoms. The van der Waals surface area contributed by atoms with Crippen molar-refractivity contribution in [3.05, 3.63) is 34.9 Å². The SMILES string of the molecule is O=COCc1cc(C(F)(F)F)cc(C(F)(F)F)c1. The van der Waals surface area contributed by atoms with Gasteiger partial charge < -0.3 is 4.74 Å². The van der Waals surface area contributed by atoms with Gasteiger partial charge in [-0.2, -0.15) is 26.3 Å². The summed E-state index contributed by atoms with van der Waals surface area (Å²) in [6.07, 6.45) is -9.81. The van der Waals surface area contributed by atoms with E-state index in [1.54, 1.807) is 0 Å². The van der Waals surface area contributed by atoms with Crippen molar-refractivity contribution in [1.29, 1.82) is 0 Å². The zero-order valence-corrected chi connectivity index (χ0v) is 8.60. The van der Waals surface area contributed by atoms with Gasteiger partial charge in [-0.3, -0.25) is 4.79 Å². The van der Waals surface area contributed by atoms with Gasteiger partial charge in [0.15, 0.2) is 0 Å². The summed E-state index contributed by atoms with van der Waals surface area (Å²) in [7, 11) is 0. The lowest BCUT2D eigenvalue weighted by molar-refractivity contribution is -0.143. The number of carbonyl (C=O) groups is 1. The molecule has 0 aliphatic heterocycles. The third-order valence-corrected chi connectivity index (χ3v) is 1.97. The lowest BCUT2D eigenvalue weighted by Gasteiger charge is -2.13. The molecule has 0 radical (unpaired) electrons. The van der Waals surface area contributed by atoms with Crippen LogP contribution in [0.15, 0.2) is 18.2 Å². The van der Waals surface area contributed by atoms with Crippen LogP contribution >= 0.6 is 0 Å². The van der Waals surface area contributed by atoms with E-state index in [9.17, 15) is 31.1 Å². The largest absolute Gasteiger partial charge is 0.463 e. The molecule has 1 aromatic rings. The fraction of sp³-hybridized carbons (Fsp3) is 0.300. The van der Waals surface area contributed by atoms with Crippen LogP contribution in [0, 0.1) is 0 Å². The summed E-state index contributed by atoms with van der Waals surface area (Å²) >= 11 is 0. The van der Waals surface area contributed by atoms with Crippen LogP contribution in [0.5, 0.6) is 0 Å². The van der Waals surface area contributed by atoms with E-state index < -0.39 is 30.1 Å². The molecule has 0 unspecified atom stereocenters. The minimum atomic E-state index is -4.91. The molecule has 0 aliphatic rings. The first-order valence-electron chi connectivity index (χ1n) is 4.48. The van der Waals surface area contributed by atoms with Crippen LogP contribution in [0.1, 0.15) is 16.7 Å². The molecule has 0 atom stereocenters. The van der Waals surface area contributed by atoms with Gasteiger partial charge in [0, 0.05) is 0 Å². The van der Waals surface area contributed by atoms with Gasteiger partial charge in [0.25, 0.3) is 6.47 Å². The summed E-state index contributed by atoms with van der Waals surface area (Å²) < 4.78 is 78.4. The second-order valence-electron chi connectivity index (χ2n) is 3.32. The zero-order chi connectivity index (χ0) is 14.0. The standard InChI is InChI=1S/C10H6F6O2/c11-9(12,13)7-1-6(4-18-5-17)2-8(3-7)10(14,15)16/h1-3,5H,4H2. The molecule has 0 heterocycles. The Morgan fingerprint density at radius 3 is 1.72 bits per heavy atom. The number of hydrogen-bond acceptors (Lipinski definition) is 2. The molecule has 0 N–H and O–H groups in total. The van der Waals surface area contributed by atoms with Gasteiger partial charge in [0.1, 0.15) is 6.61 Å². The van der Waals surface area contributed by atoms with Crippen LogP contribution in [0.2, 0.25) is 0 Å². The number of rotatable bonds is 3. The molecule has 100 valence electrons. The molecule has 1 rings (SSSR count). The van der Waals surface area contributed by atoms with Crippen LogP contribution in [-0.2, 0) is 28.5 Å². The number of ether oxygens (including phenoxy) is 1. The van der Waals surface area contributed by atoms with E-state index in [4.69, 9.17) is 0 Å². The Kier molecular flexibility index (Phi) is 3.88. The third-order valence-electron chi connectivity index (χ3n) is 1.97. The van der Waals surface area contributed by atoms with Crippen molar-refractivity contribution in [2.45, 2.75) is 19.0 Å². The maximum absolute atomic E-state index is 12.4. The molecule has 0 fully saturated rings. The van der Waals surface area contributed by atoms with Crippen molar-refractivity contribution in [3.63, 3.8) is 0 Å². The molecule has 0 spiro atoms. The number of benzene rings is 1. The Hall–Kier alpha value is -1.73. The van der Waals surface area contributed by atoms with Crippen molar-refractivity contribution in [1.82, 2.24) is 0 Å². The van der Waals surface area contributed by atoms with E-state index >= 15 is 0 Å². The topological polar surface area (TPSA) is 26.3 Å². The van der Waals surface area contributed by atoms with E-state index in [1.807, 2.05) is 0 Å². The molecule has 0 saturated carbocycles. The Morgan fingerprint density at radius 1 is 0.944 bits per heavy atom. The number of alkyl halides is 6. The fourth-order valence-corrected chi connectivity index (χ4v) is 1.23. The Bertz CT molecular complexity index is 403. The maximum Gasteiger partial charge on any atom is 0.416 e. The van der Waals surface area contributed by atoms with Crippen molar-refractivity contribution < 1.29 is 35.9 Å². The molecular weight excluding hydrogens is 266 g/mol. The Balaban J connectivity index is 3.24. The molecule has 18 heavy (non-hydrogen) atoms. The van der Waals surface area contributed by atoms with Crippen molar-refractivity contribution >= 4 is 6.47 Å². The minimum Gasteiger partial charge on any atom is -0.463 e. The minimum absolute atomic E-state index is 0.00438. The van der Waals surface area contributed by atoms with Gasteiger partial charge in [-0.15, -0.1) is 0 Å². The molecule has 0 amide bonds. The lowest BCUT2D eigenvalue weighted by atomic mass is 10.1. The first-order chi connectivity index (χ1) is 8.14. The summed E-state index contributed by atoms with van der Waals surface area (Å²) in [6, 6.07) is 1.00. The van der Waals surface area contributed by atoms with Crippen LogP contribution < -0.4 is 0 Å². The zero-order valence-electron chi connectivity index (χ0n) is 8.60. The van der Waals surface area contributed by atoms with Crippen LogP contribution in [0.4, 0.5) is 26.3 Å². The quantitative estimate of drug-likeness (QED) is 0.622. The van der Waals surface area contributed by atoms with Crippen LogP contribution in [0.3, 0.4) is 0 Å². The lowest BCUT2D eigenvalue weighted by Crippen LogP contribution is -2.12. The smallest absolute Gasteiger partial charge is 0.416 e. The summed E-state index contributed by atoms with van der Waals surface area (Å²) in [5, 5.41) is 0. The predicted molar refractivity (Wildman–Crippen MR) is 47.3 cm³/mol. The number of halogens is 6. The van der Waals surface area contributed by atoms with Gasteiger partial charge in [0.2, 0.25) is 0 Å². The maximum atomic E-state index is 12.4. The normalized spacial score (nSPS) is 12.3. The van der Waals surface area contributed by atoms with Crippen molar-refractivity contribution in [2.75, 3.05) is 0 Å². The summed E-state index contributed by atoms with van der Waals surface area (Å²) in [5.74, 6) is 0. The second kappa shape index (κ2) is 4.87. The molecule has 0 saturated heterocycles. The van der Waals surface area contributed by atoms with Gasteiger partial charge in [-0.25, -0.2) is 0 Å². The highest BCUT2D eigenvalue weighted by molar-refractivity contribution is 5.38. The predicted octanol–water partition coefficient (Wildman–Crippen LogP) is 3.40. The summed E-state index contributed by atoms with van der Waals surface area (Å²) in [4.78, 5) is 9.88. The second-order valence-corrected chi connectivity index (χ2v) is 3.32. The molecule has 8 heteroatoms. The van der Waals surface area contributed by atoms with E-state index in [2.05, 4.69) is 4.74 Å². The molecular formula is C10H6F6O2. The van der Waals surface area contributed by atoms with Crippen LogP contribution in [-0.4, -0.2) is 6.47 Å². The number of carbonyl (C=O) groups excluding carboxylic acids is 1.